The summed E-state index contributed by atoms with van der Waals surface area (Å²) in [6.07, 6.45) is 0. The van der Waals surface area contributed by atoms with Crippen LogP contribution in [0.5, 0.6) is 0 Å². The first-order valence-corrected chi connectivity index (χ1v) is 6.67. The topological polar surface area (TPSA) is 75.6 Å². The highest BCUT2D eigenvalue weighted by atomic mass is 32.2. The highest BCUT2D eigenvalue weighted by Gasteiger charge is 2.21. The predicted octanol–water partition coefficient (Wildman–Crippen LogP) is 2.41. The van der Waals surface area contributed by atoms with Crippen molar-refractivity contribution in [2.45, 2.75) is 25.7 Å². The third-order valence-corrected chi connectivity index (χ3v) is 3.49. The predicted molar refractivity (Wildman–Crippen MR) is 66.5 cm³/mol. The number of nitrogens with one attached hydrogen (secondary N) is 1. The first-order chi connectivity index (χ1) is 7.76. The van der Waals surface area contributed by atoms with Gasteiger partial charge in [-0.25, -0.2) is 13.1 Å². The summed E-state index contributed by atoms with van der Waals surface area (Å²) < 4.78 is 26.4. The van der Waals surface area contributed by atoms with E-state index in [1.54, 1.807) is 12.1 Å². The van der Waals surface area contributed by atoms with Crippen LogP contribution in [-0.2, 0) is 10.0 Å². The summed E-state index contributed by atoms with van der Waals surface area (Å²) in [6.45, 7) is 6.04. The Bertz CT molecular complexity index is 504. The van der Waals surface area contributed by atoms with Gasteiger partial charge < -0.3 is 0 Å². The molecule has 1 N–H and O–H groups in total. The lowest BCUT2D eigenvalue weighted by atomic mass is 9.98. The Balaban J connectivity index is 3.02. The molecular formula is C11H16N2O3S. The lowest BCUT2D eigenvalue weighted by Crippen LogP contribution is -2.32. The Morgan fingerprint density at radius 3 is 2.35 bits per heavy atom. The second-order valence-corrected chi connectivity index (χ2v) is 6.68. The van der Waals surface area contributed by atoms with Gasteiger partial charge in [0, 0.05) is 6.54 Å². The van der Waals surface area contributed by atoms with Crippen LogP contribution in [0.1, 0.15) is 20.8 Å². The summed E-state index contributed by atoms with van der Waals surface area (Å²) in [5.74, 6) is 0. The molecular weight excluding hydrogens is 240 g/mol. The molecule has 0 aromatic heterocycles. The van der Waals surface area contributed by atoms with E-state index < -0.39 is 10.0 Å². The Morgan fingerprint density at radius 1 is 1.24 bits per heavy atom. The molecule has 5 nitrogen and oxygen atoms in total. The molecule has 0 aliphatic carbocycles. The van der Waals surface area contributed by atoms with E-state index in [9.17, 15) is 13.3 Å². The second kappa shape index (κ2) is 4.93. The molecule has 6 heteroatoms. The number of benzene rings is 1. The van der Waals surface area contributed by atoms with E-state index in [0.717, 1.165) is 0 Å². The Hall–Kier alpha value is -1.27. The van der Waals surface area contributed by atoms with E-state index in [0.29, 0.717) is 6.54 Å². The van der Waals surface area contributed by atoms with E-state index in [2.05, 4.69) is 9.90 Å². The first-order valence-electron chi connectivity index (χ1n) is 5.18. The molecule has 0 fully saturated rings. The molecule has 0 unspecified atom stereocenters. The van der Waals surface area contributed by atoms with E-state index in [4.69, 9.17) is 0 Å². The smallest absolute Gasteiger partial charge is 0.211 e. The molecule has 1 rings (SSSR count). The van der Waals surface area contributed by atoms with Gasteiger partial charge in [-0.1, -0.05) is 32.9 Å². The van der Waals surface area contributed by atoms with Crippen LogP contribution in [0.3, 0.4) is 0 Å². The van der Waals surface area contributed by atoms with Crippen molar-refractivity contribution in [2.24, 2.45) is 10.6 Å². The summed E-state index contributed by atoms with van der Waals surface area (Å²) in [5.41, 5.74) is -0.245. The largest absolute Gasteiger partial charge is 0.242 e. The first kappa shape index (κ1) is 13.8. The van der Waals surface area contributed by atoms with Crippen molar-refractivity contribution in [1.82, 2.24) is 4.72 Å². The van der Waals surface area contributed by atoms with Gasteiger partial charge in [-0.15, -0.1) is 4.91 Å². The van der Waals surface area contributed by atoms with Crippen LogP contribution in [0.25, 0.3) is 0 Å². The number of nitroso groups, excluding NO2 is 1. The van der Waals surface area contributed by atoms with E-state index in [1.165, 1.54) is 12.1 Å². The molecule has 0 saturated heterocycles. The van der Waals surface area contributed by atoms with E-state index >= 15 is 0 Å². The lowest BCUT2D eigenvalue weighted by molar-refractivity contribution is 0.407. The average Bonchev–Trinajstić information content (AvgIpc) is 2.26. The SMILES string of the molecule is CC(C)(C)CNS(=O)(=O)c1ccccc1N=O. The molecule has 0 amide bonds. The van der Waals surface area contributed by atoms with Crippen molar-refractivity contribution in [3.63, 3.8) is 0 Å². The maximum Gasteiger partial charge on any atom is 0.242 e. The van der Waals surface area contributed by atoms with Crippen LogP contribution in [0.2, 0.25) is 0 Å². The fraction of sp³-hybridized carbons (Fsp3) is 0.455. The van der Waals surface area contributed by atoms with Crippen molar-refractivity contribution < 1.29 is 8.42 Å². The number of sulfonamides is 1. The van der Waals surface area contributed by atoms with Crippen molar-refractivity contribution in [3.05, 3.63) is 29.2 Å². The maximum absolute atomic E-state index is 11.9. The lowest BCUT2D eigenvalue weighted by Gasteiger charge is -2.18. The van der Waals surface area contributed by atoms with Gasteiger partial charge in [0.15, 0.2) is 0 Å². The van der Waals surface area contributed by atoms with Gasteiger partial charge in [-0.2, -0.15) is 0 Å². The van der Waals surface area contributed by atoms with Crippen molar-refractivity contribution >= 4 is 15.7 Å². The molecule has 1 aromatic carbocycles. The average molecular weight is 256 g/mol. The van der Waals surface area contributed by atoms with E-state index in [-0.39, 0.29) is 16.0 Å². The van der Waals surface area contributed by atoms with Gasteiger partial charge in [0.25, 0.3) is 0 Å². The molecule has 0 saturated carbocycles. The van der Waals surface area contributed by atoms with Crippen LogP contribution >= 0.6 is 0 Å². The molecule has 0 spiro atoms. The molecule has 0 heterocycles. The highest BCUT2D eigenvalue weighted by molar-refractivity contribution is 7.89. The van der Waals surface area contributed by atoms with Crippen LogP contribution in [-0.4, -0.2) is 15.0 Å². The minimum atomic E-state index is -3.68. The normalized spacial score (nSPS) is 12.4. The summed E-state index contributed by atoms with van der Waals surface area (Å²) in [7, 11) is -3.68. The minimum absolute atomic E-state index is 0.0751. The summed E-state index contributed by atoms with van der Waals surface area (Å²) in [6, 6.07) is 5.86. The fourth-order valence-electron chi connectivity index (χ4n) is 1.15. The maximum atomic E-state index is 11.9. The van der Waals surface area contributed by atoms with Crippen molar-refractivity contribution in [1.29, 1.82) is 0 Å². The van der Waals surface area contributed by atoms with Gasteiger partial charge in [0.1, 0.15) is 10.6 Å². The van der Waals surface area contributed by atoms with E-state index in [1.807, 2.05) is 20.8 Å². The molecule has 17 heavy (non-hydrogen) atoms. The number of hydrogen-bond acceptors (Lipinski definition) is 4. The molecule has 0 radical (unpaired) electrons. The standard InChI is InChI=1S/C11H16N2O3S/c1-11(2,3)8-12-17(15,16)10-7-5-4-6-9(10)13-14/h4-7,12H,8H2,1-3H3. The van der Waals surface area contributed by atoms with Crippen LogP contribution in [0, 0.1) is 10.3 Å². The Kier molecular flexibility index (Phi) is 4.00. The summed E-state index contributed by atoms with van der Waals surface area (Å²) >= 11 is 0. The fourth-order valence-corrected chi connectivity index (χ4v) is 2.57. The van der Waals surface area contributed by atoms with Gasteiger partial charge in [-0.3, -0.25) is 0 Å². The number of hydrogen-bond donors (Lipinski definition) is 1. The number of rotatable bonds is 4. The van der Waals surface area contributed by atoms with Crippen LogP contribution in [0.15, 0.2) is 34.3 Å². The molecule has 94 valence electrons. The van der Waals surface area contributed by atoms with Gasteiger partial charge >= 0.3 is 0 Å². The zero-order valence-electron chi connectivity index (χ0n) is 10.1. The van der Waals surface area contributed by atoms with Crippen LogP contribution < -0.4 is 4.72 Å². The molecule has 0 aliphatic heterocycles. The molecule has 0 bridgehead atoms. The summed E-state index contributed by atoms with van der Waals surface area (Å²) in [4.78, 5) is 10.4. The van der Waals surface area contributed by atoms with Crippen LogP contribution in [0.4, 0.5) is 5.69 Å². The van der Waals surface area contributed by atoms with Gasteiger partial charge in [-0.05, 0) is 22.7 Å². The Labute approximate surface area is 101 Å². The highest BCUT2D eigenvalue weighted by Crippen LogP contribution is 2.23. The molecule has 0 aliphatic rings. The zero-order chi connectivity index (χ0) is 13.1. The summed E-state index contributed by atoms with van der Waals surface area (Å²) in [5, 5.41) is 2.71. The molecule has 1 aromatic rings. The number of nitrogens with zero attached hydrogens (tertiary/aromatic N) is 1. The Morgan fingerprint density at radius 2 is 1.82 bits per heavy atom. The van der Waals surface area contributed by atoms with Gasteiger partial charge in [0.05, 0.1) is 0 Å². The quantitative estimate of drug-likeness (QED) is 0.840. The third kappa shape index (κ3) is 3.90. The van der Waals surface area contributed by atoms with Crippen molar-refractivity contribution in [3.8, 4) is 0 Å². The zero-order valence-corrected chi connectivity index (χ0v) is 10.9. The monoisotopic (exact) mass is 256 g/mol. The van der Waals surface area contributed by atoms with Crippen molar-refractivity contribution in [2.75, 3.05) is 6.54 Å². The van der Waals surface area contributed by atoms with Gasteiger partial charge in [0.2, 0.25) is 10.0 Å². The molecule has 0 atom stereocenters. The minimum Gasteiger partial charge on any atom is -0.211 e. The third-order valence-electron chi connectivity index (χ3n) is 2.05. The second-order valence-electron chi connectivity index (χ2n) is 4.94.